The molecular formula is C14H24N2O4. The Morgan fingerprint density at radius 1 is 1.30 bits per heavy atom. The van der Waals surface area contributed by atoms with Crippen LogP contribution >= 0.6 is 0 Å². The lowest BCUT2D eigenvalue weighted by Gasteiger charge is -2.35. The SMILES string of the molecule is O=C(O)CCCCC(=O)NCC1CN2CCCC2CO1. The molecule has 0 radical (unpaired) electrons. The molecular weight excluding hydrogens is 260 g/mol. The van der Waals surface area contributed by atoms with Crippen LogP contribution in [0.25, 0.3) is 0 Å². The van der Waals surface area contributed by atoms with Crippen LogP contribution in [0.3, 0.4) is 0 Å². The molecule has 2 heterocycles. The standard InChI is InChI=1S/C14H24N2O4/c17-13(5-1-2-6-14(18)19)15-8-12-9-16-7-3-4-11(16)10-20-12/h11-12H,1-10H2,(H,15,17)(H,18,19). The topological polar surface area (TPSA) is 78.9 Å². The second-order valence-corrected chi connectivity index (χ2v) is 5.65. The largest absolute Gasteiger partial charge is 0.481 e. The number of rotatable bonds is 7. The number of aliphatic carboxylic acids is 1. The van der Waals surface area contributed by atoms with Crippen LogP contribution in [0.4, 0.5) is 0 Å². The number of carbonyl (C=O) groups excluding carboxylic acids is 1. The fourth-order valence-electron chi connectivity index (χ4n) is 2.89. The summed E-state index contributed by atoms with van der Waals surface area (Å²) in [7, 11) is 0. The normalized spacial score (nSPS) is 26.2. The highest BCUT2D eigenvalue weighted by Crippen LogP contribution is 2.22. The van der Waals surface area contributed by atoms with Crippen LogP contribution < -0.4 is 5.32 Å². The van der Waals surface area contributed by atoms with Crippen molar-refractivity contribution in [3.8, 4) is 0 Å². The van der Waals surface area contributed by atoms with Crippen LogP contribution in [-0.4, -0.2) is 60.3 Å². The summed E-state index contributed by atoms with van der Waals surface area (Å²) in [6.45, 7) is 3.39. The second-order valence-electron chi connectivity index (χ2n) is 5.65. The van der Waals surface area contributed by atoms with Crippen LogP contribution in [-0.2, 0) is 14.3 Å². The first-order chi connectivity index (χ1) is 9.65. The van der Waals surface area contributed by atoms with E-state index in [9.17, 15) is 9.59 Å². The molecule has 2 unspecified atom stereocenters. The highest BCUT2D eigenvalue weighted by atomic mass is 16.5. The maximum atomic E-state index is 11.6. The van der Waals surface area contributed by atoms with Gasteiger partial charge >= 0.3 is 5.97 Å². The van der Waals surface area contributed by atoms with Gasteiger partial charge in [-0.1, -0.05) is 0 Å². The molecule has 2 fully saturated rings. The average Bonchev–Trinajstić information content (AvgIpc) is 2.88. The number of amides is 1. The first-order valence-corrected chi connectivity index (χ1v) is 7.49. The molecule has 2 aliphatic heterocycles. The van der Waals surface area contributed by atoms with Crippen molar-refractivity contribution in [1.82, 2.24) is 10.2 Å². The van der Waals surface area contributed by atoms with E-state index in [1.54, 1.807) is 0 Å². The summed E-state index contributed by atoms with van der Waals surface area (Å²) in [6, 6.07) is 0.581. The van der Waals surface area contributed by atoms with E-state index in [2.05, 4.69) is 10.2 Å². The Labute approximate surface area is 119 Å². The number of ether oxygens (including phenoxy) is 1. The zero-order valence-corrected chi connectivity index (χ0v) is 11.8. The van der Waals surface area contributed by atoms with Crippen LogP contribution in [0.1, 0.15) is 38.5 Å². The summed E-state index contributed by atoms with van der Waals surface area (Å²) in [5, 5.41) is 11.4. The number of nitrogens with one attached hydrogen (secondary N) is 1. The monoisotopic (exact) mass is 284 g/mol. The molecule has 2 atom stereocenters. The van der Waals surface area contributed by atoms with Crippen molar-refractivity contribution in [2.45, 2.75) is 50.7 Å². The number of carboxylic acid groups (broad SMARTS) is 1. The van der Waals surface area contributed by atoms with Gasteiger partial charge in [0.2, 0.25) is 5.91 Å². The molecule has 2 N–H and O–H groups in total. The zero-order chi connectivity index (χ0) is 14.4. The maximum Gasteiger partial charge on any atom is 0.303 e. The van der Waals surface area contributed by atoms with Gasteiger partial charge in [0.1, 0.15) is 0 Å². The summed E-state index contributed by atoms with van der Waals surface area (Å²) >= 11 is 0. The molecule has 114 valence electrons. The number of carbonyl (C=O) groups is 2. The quantitative estimate of drug-likeness (QED) is 0.670. The Morgan fingerprint density at radius 3 is 2.90 bits per heavy atom. The van der Waals surface area contributed by atoms with Gasteiger partial charge < -0.3 is 15.2 Å². The third kappa shape index (κ3) is 4.76. The summed E-state index contributed by atoms with van der Waals surface area (Å²) in [5.74, 6) is -0.816. The predicted octanol–water partition coefficient (Wildman–Crippen LogP) is 0.611. The van der Waals surface area contributed by atoms with Crippen LogP contribution in [0.5, 0.6) is 0 Å². The molecule has 0 spiro atoms. The van der Waals surface area contributed by atoms with Crippen molar-refractivity contribution in [3.63, 3.8) is 0 Å². The van der Waals surface area contributed by atoms with Gasteiger partial charge in [0.25, 0.3) is 0 Å². The fourth-order valence-corrected chi connectivity index (χ4v) is 2.89. The molecule has 6 nitrogen and oxygen atoms in total. The number of nitrogens with zero attached hydrogens (tertiary/aromatic N) is 1. The molecule has 2 rings (SSSR count). The maximum absolute atomic E-state index is 11.6. The molecule has 0 aromatic carbocycles. The molecule has 0 saturated carbocycles. The van der Waals surface area contributed by atoms with Gasteiger partial charge in [-0.15, -0.1) is 0 Å². The van der Waals surface area contributed by atoms with E-state index in [4.69, 9.17) is 9.84 Å². The smallest absolute Gasteiger partial charge is 0.303 e. The minimum atomic E-state index is -0.804. The third-order valence-corrected chi connectivity index (χ3v) is 4.03. The van der Waals surface area contributed by atoms with E-state index >= 15 is 0 Å². The van der Waals surface area contributed by atoms with Gasteiger partial charge in [-0.2, -0.15) is 0 Å². The summed E-state index contributed by atoms with van der Waals surface area (Å²) in [6.07, 6.45) is 4.27. The molecule has 2 aliphatic rings. The summed E-state index contributed by atoms with van der Waals surface area (Å²) < 4.78 is 5.77. The molecule has 0 aliphatic carbocycles. The van der Waals surface area contributed by atoms with Crippen molar-refractivity contribution in [2.75, 3.05) is 26.2 Å². The van der Waals surface area contributed by atoms with Gasteiger partial charge in [0, 0.05) is 32.0 Å². The van der Waals surface area contributed by atoms with Crippen molar-refractivity contribution < 1.29 is 19.4 Å². The van der Waals surface area contributed by atoms with Crippen molar-refractivity contribution >= 4 is 11.9 Å². The van der Waals surface area contributed by atoms with E-state index in [1.165, 1.54) is 12.8 Å². The van der Waals surface area contributed by atoms with Crippen LogP contribution in [0.2, 0.25) is 0 Å². The minimum Gasteiger partial charge on any atom is -0.481 e. The van der Waals surface area contributed by atoms with Gasteiger partial charge in [0.05, 0.1) is 12.7 Å². The van der Waals surface area contributed by atoms with Gasteiger partial charge in [-0.25, -0.2) is 0 Å². The van der Waals surface area contributed by atoms with Gasteiger partial charge in [-0.05, 0) is 32.2 Å². The first-order valence-electron chi connectivity index (χ1n) is 7.49. The van der Waals surface area contributed by atoms with Crippen molar-refractivity contribution in [2.24, 2.45) is 0 Å². The minimum absolute atomic E-state index is 0.0115. The van der Waals surface area contributed by atoms with Crippen molar-refractivity contribution in [1.29, 1.82) is 0 Å². The number of morpholine rings is 1. The second kappa shape index (κ2) is 7.59. The van der Waals surface area contributed by atoms with E-state index in [0.717, 1.165) is 19.7 Å². The first kappa shape index (κ1) is 15.3. The Kier molecular flexibility index (Phi) is 5.79. The molecule has 2 saturated heterocycles. The third-order valence-electron chi connectivity index (χ3n) is 4.03. The Hall–Kier alpha value is -1.14. The van der Waals surface area contributed by atoms with Gasteiger partial charge in [-0.3, -0.25) is 14.5 Å². The molecule has 0 bridgehead atoms. The number of fused-ring (bicyclic) bond motifs is 1. The Balaban J connectivity index is 1.55. The number of hydrogen-bond acceptors (Lipinski definition) is 4. The predicted molar refractivity (Wildman–Crippen MR) is 73.4 cm³/mol. The highest BCUT2D eigenvalue weighted by Gasteiger charge is 2.32. The molecule has 1 amide bonds. The van der Waals surface area contributed by atoms with Crippen LogP contribution in [0, 0.1) is 0 Å². The number of hydrogen-bond donors (Lipinski definition) is 2. The summed E-state index contributed by atoms with van der Waals surface area (Å²) in [4.78, 5) is 24.4. The Bertz CT molecular complexity index is 348. The molecule has 6 heteroatoms. The zero-order valence-electron chi connectivity index (χ0n) is 11.8. The lowest BCUT2D eigenvalue weighted by Crippen LogP contribution is -2.50. The van der Waals surface area contributed by atoms with Gasteiger partial charge in [0.15, 0.2) is 0 Å². The van der Waals surface area contributed by atoms with Crippen LogP contribution in [0.15, 0.2) is 0 Å². The molecule has 0 aromatic heterocycles. The fraction of sp³-hybridized carbons (Fsp3) is 0.857. The average molecular weight is 284 g/mol. The van der Waals surface area contributed by atoms with Crippen molar-refractivity contribution in [3.05, 3.63) is 0 Å². The van der Waals surface area contributed by atoms with E-state index in [-0.39, 0.29) is 18.4 Å². The molecule has 20 heavy (non-hydrogen) atoms. The molecule has 0 aromatic rings. The van der Waals surface area contributed by atoms with E-state index in [1.807, 2.05) is 0 Å². The summed E-state index contributed by atoms with van der Waals surface area (Å²) in [5.41, 5.74) is 0. The number of carboxylic acids is 1. The number of unbranched alkanes of at least 4 members (excludes halogenated alkanes) is 1. The highest BCUT2D eigenvalue weighted by molar-refractivity contribution is 5.75. The lowest BCUT2D eigenvalue weighted by atomic mass is 10.1. The van der Waals surface area contributed by atoms with E-state index < -0.39 is 5.97 Å². The van der Waals surface area contributed by atoms with E-state index in [0.29, 0.717) is 31.8 Å². The lowest BCUT2D eigenvalue weighted by molar-refractivity contribution is -0.137. The Morgan fingerprint density at radius 2 is 2.10 bits per heavy atom.